The summed E-state index contributed by atoms with van der Waals surface area (Å²) in [5, 5.41) is 10.6. The van der Waals surface area contributed by atoms with E-state index in [9.17, 15) is 5.11 Å². The topological polar surface area (TPSA) is 74.9 Å². The van der Waals surface area contributed by atoms with Gasteiger partial charge in [-0.2, -0.15) is 0 Å². The van der Waals surface area contributed by atoms with Gasteiger partial charge in [0.15, 0.2) is 0 Å². The second-order valence-electron chi connectivity index (χ2n) is 3.99. The molecule has 1 aromatic heterocycles. The number of nitrogens with one attached hydrogen (secondary N) is 1. The number of nitrogen functional groups attached to an aromatic ring is 1. The molecule has 0 bridgehead atoms. The maximum atomic E-state index is 9.92. The predicted octanol–water partition coefficient (Wildman–Crippen LogP) is 3.17. The molecule has 0 aliphatic carbocycles. The van der Waals surface area contributed by atoms with Crippen molar-refractivity contribution in [2.75, 3.05) is 5.73 Å². The third-order valence-electron chi connectivity index (χ3n) is 2.77. The Balaban J connectivity index is 2.22. The number of aromatic nitrogens is 2. The number of fused-ring (bicyclic) bond motifs is 1. The third-order valence-corrected chi connectivity index (χ3v) is 3.00. The Hall–Kier alpha value is -2.20. The molecular weight excluding hydrogens is 250 g/mol. The van der Waals surface area contributed by atoms with Gasteiger partial charge in [-0.25, -0.2) is 4.98 Å². The average molecular weight is 260 g/mol. The summed E-state index contributed by atoms with van der Waals surface area (Å²) in [5.41, 5.74) is 8.17. The van der Waals surface area contributed by atoms with Crippen LogP contribution >= 0.6 is 11.6 Å². The van der Waals surface area contributed by atoms with Crippen LogP contribution in [0.3, 0.4) is 0 Å². The molecule has 1 heterocycles. The van der Waals surface area contributed by atoms with E-state index in [1.807, 2.05) is 6.07 Å². The normalized spacial score (nSPS) is 10.9. The van der Waals surface area contributed by atoms with Crippen molar-refractivity contribution in [3.63, 3.8) is 0 Å². The Kier molecular flexibility index (Phi) is 2.38. The molecule has 3 rings (SSSR count). The van der Waals surface area contributed by atoms with Gasteiger partial charge in [-0.05, 0) is 30.3 Å². The zero-order valence-electron chi connectivity index (χ0n) is 9.31. The minimum Gasteiger partial charge on any atom is -0.505 e. The first kappa shape index (κ1) is 10.9. The third kappa shape index (κ3) is 1.67. The van der Waals surface area contributed by atoms with Crippen LogP contribution in [0.25, 0.3) is 22.4 Å². The molecule has 90 valence electrons. The molecule has 18 heavy (non-hydrogen) atoms. The lowest BCUT2D eigenvalue weighted by Crippen LogP contribution is -1.88. The lowest BCUT2D eigenvalue weighted by atomic mass is 10.1. The minimum atomic E-state index is 0.0302. The van der Waals surface area contributed by atoms with Crippen molar-refractivity contribution in [2.24, 2.45) is 0 Å². The van der Waals surface area contributed by atoms with E-state index in [2.05, 4.69) is 9.97 Å². The first-order valence-corrected chi connectivity index (χ1v) is 5.76. The van der Waals surface area contributed by atoms with Crippen LogP contribution in [0.4, 0.5) is 5.69 Å². The quantitative estimate of drug-likeness (QED) is 0.464. The van der Waals surface area contributed by atoms with Crippen LogP contribution in [0.2, 0.25) is 5.02 Å². The Morgan fingerprint density at radius 1 is 1.22 bits per heavy atom. The van der Waals surface area contributed by atoms with Gasteiger partial charge in [0, 0.05) is 5.02 Å². The molecule has 0 radical (unpaired) electrons. The molecule has 0 fully saturated rings. The van der Waals surface area contributed by atoms with Crippen LogP contribution in [-0.2, 0) is 0 Å². The van der Waals surface area contributed by atoms with Gasteiger partial charge in [0.25, 0.3) is 0 Å². The zero-order valence-corrected chi connectivity index (χ0v) is 10.1. The highest BCUT2D eigenvalue weighted by molar-refractivity contribution is 6.31. The SMILES string of the molecule is Nc1cccc(-c2nc3ccc(Cl)cc3[nH]2)c1O. The molecule has 4 nitrogen and oxygen atoms in total. The Labute approximate surface area is 108 Å². The van der Waals surface area contributed by atoms with E-state index in [0.717, 1.165) is 11.0 Å². The number of aromatic hydroxyl groups is 1. The number of nitrogens with zero attached hydrogens (tertiary/aromatic N) is 1. The number of nitrogens with two attached hydrogens (primary N) is 1. The van der Waals surface area contributed by atoms with Crippen molar-refractivity contribution in [3.8, 4) is 17.1 Å². The number of phenolic OH excluding ortho intramolecular Hbond substituents is 1. The van der Waals surface area contributed by atoms with Gasteiger partial charge in [-0.3, -0.25) is 0 Å². The Morgan fingerprint density at radius 2 is 2.06 bits per heavy atom. The van der Waals surface area contributed by atoms with Crippen LogP contribution in [0.15, 0.2) is 36.4 Å². The standard InChI is InChI=1S/C13H10ClN3O/c14-7-4-5-10-11(6-7)17-13(16-10)8-2-1-3-9(15)12(8)18/h1-6,18H,15H2,(H,16,17). The van der Waals surface area contributed by atoms with Crippen molar-refractivity contribution in [3.05, 3.63) is 41.4 Å². The fraction of sp³-hybridized carbons (Fsp3) is 0. The van der Waals surface area contributed by atoms with Gasteiger partial charge < -0.3 is 15.8 Å². The molecule has 2 aromatic carbocycles. The molecule has 0 aliphatic rings. The Bertz CT molecular complexity index is 736. The summed E-state index contributed by atoms with van der Waals surface area (Å²) in [4.78, 5) is 7.51. The highest BCUT2D eigenvalue weighted by Gasteiger charge is 2.11. The van der Waals surface area contributed by atoms with Crippen molar-refractivity contribution in [1.82, 2.24) is 9.97 Å². The number of anilines is 1. The number of para-hydroxylation sites is 1. The summed E-state index contributed by atoms with van der Waals surface area (Å²) in [7, 11) is 0. The van der Waals surface area contributed by atoms with Crippen molar-refractivity contribution in [2.45, 2.75) is 0 Å². The number of hydrogen-bond acceptors (Lipinski definition) is 3. The number of phenols is 1. The predicted molar refractivity (Wildman–Crippen MR) is 72.6 cm³/mol. The van der Waals surface area contributed by atoms with E-state index >= 15 is 0 Å². The molecule has 0 saturated carbocycles. The van der Waals surface area contributed by atoms with Crippen molar-refractivity contribution >= 4 is 28.3 Å². The van der Waals surface area contributed by atoms with Gasteiger partial charge in [-0.15, -0.1) is 0 Å². The second-order valence-corrected chi connectivity index (χ2v) is 4.43. The fourth-order valence-electron chi connectivity index (χ4n) is 1.86. The molecule has 0 unspecified atom stereocenters. The lowest BCUT2D eigenvalue weighted by molar-refractivity contribution is 0.479. The van der Waals surface area contributed by atoms with E-state index in [-0.39, 0.29) is 5.75 Å². The molecule has 0 saturated heterocycles. The highest BCUT2D eigenvalue weighted by Crippen LogP contribution is 2.33. The van der Waals surface area contributed by atoms with Crippen molar-refractivity contribution in [1.29, 1.82) is 0 Å². The second kappa shape index (κ2) is 3.92. The molecule has 4 N–H and O–H groups in total. The number of halogens is 1. The number of imidazole rings is 1. The number of H-pyrrole nitrogens is 1. The molecule has 5 heteroatoms. The summed E-state index contributed by atoms with van der Waals surface area (Å²) < 4.78 is 0. The van der Waals surface area contributed by atoms with Crippen molar-refractivity contribution < 1.29 is 5.11 Å². The van der Waals surface area contributed by atoms with Gasteiger partial charge >= 0.3 is 0 Å². The van der Waals surface area contributed by atoms with Crippen LogP contribution in [0, 0.1) is 0 Å². The number of aromatic amines is 1. The summed E-state index contributed by atoms with van der Waals surface area (Å²) in [5.74, 6) is 0.597. The van der Waals surface area contributed by atoms with Gasteiger partial charge in [0.05, 0.1) is 22.3 Å². The minimum absolute atomic E-state index is 0.0302. The van der Waals surface area contributed by atoms with E-state index in [1.54, 1.807) is 30.3 Å². The largest absolute Gasteiger partial charge is 0.505 e. The average Bonchev–Trinajstić information content (AvgIpc) is 2.75. The van der Waals surface area contributed by atoms with Gasteiger partial charge in [-0.1, -0.05) is 17.7 Å². The summed E-state index contributed by atoms with van der Waals surface area (Å²) in [6.45, 7) is 0. The Morgan fingerprint density at radius 3 is 2.89 bits per heavy atom. The van der Waals surface area contributed by atoms with E-state index in [0.29, 0.717) is 22.1 Å². The van der Waals surface area contributed by atoms with E-state index in [4.69, 9.17) is 17.3 Å². The van der Waals surface area contributed by atoms with Crippen LogP contribution < -0.4 is 5.73 Å². The van der Waals surface area contributed by atoms with Crippen LogP contribution in [0.1, 0.15) is 0 Å². The monoisotopic (exact) mass is 259 g/mol. The maximum Gasteiger partial charge on any atom is 0.149 e. The lowest BCUT2D eigenvalue weighted by Gasteiger charge is -2.03. The van der Waals surface area contributed by atoms with Crippen LogP contribution in [-0.4, -0.2) is 15.1 Å². The van der Waals surface area contributed by atoms with E-state index < -0.39 is 0 Å². The van der Waals surface area contributed by atoms with E-state index in [1.165, 1.54) is 0 Å². The number of hydrogen-bond donors (Lipinski definition) is 3. The molecular formula is C13H10ClN3O. The first-order chi connectivity index (χ1) is 8.65. The summed E-state index contributed by atoms with van der Waals surface area (Å²) in [6, 6.07) is 10.5. The van der Waals surface area contributed by atoms with Crippen LogP contribution in [0.5, 0.6) is 5.75 Å². The first-order valence-electron chi connectivity index (χ1n) is 5.38. The maximum absolute atomic E-state index is 9.92. The number of benzene rings is 2. The van der Waals surface area contributed by atoms with Gasteiger partial charge in [0.2, 0.25) is 0 Å². The zero-order chi connectivity index (χ0) is 12.7. The fourth-order valence-corrected chi connectivity index (χ4v) is 2.03. The number of rotatable bonds is 1. The summed E-state index contributed by atoms with van der Waals surface area (Å²) >= 11 is 5.91. The van der Waals surface area contributed by atoms with Gasteiger partial charge in [0.1, 0.15) is 11.6 Å². The molecule has 0 aliphatic heterocycles. The smallest absolute Gasteiger partial charge is 0.149 e. The molecule has 0 amide bonds. The molecule has 0 atom stereocenters. The summed E-state index contributed by atoms with van der Waals surface area (Å²) in [6.07, 6.45) is 0. The highest BCUT2D eigenvalue weighted by atomic mass is 35.5. The molecule has 3 aromatic rings. The molecule has 0 spiro atoms.